The lowest BCUT2D eigenvalue weighted by molar-refractivity contribution is -0.115. The summed E-state index contributed by atoms with van der Waals surface area (Å²) in [6.07, 6.45) is 1.09. The van der Waals surface area contributed by atoms with Crippen LogP contribution in [0, 0.1) is 13.8 Å². The average Bonchev–Trinajstić information content (AvgIpc) is 2.44. The molecule has 0 fully saturated rings. The zero-order chi connectivity index (χ0) is 15.4. The Hall–Kier alpha value is -2.15. The summed E-state index contributed by atoms with van der Waals surface area (Å²) in [5.74, 6) is -0.153. The number of carbonyl (C=O) groups excluding carboxylic acids is 1. The molecule has 0 aliphatic rings. The second kappa shape index (κ2) is 6.53. The Labute approximate surface area is 126 Å². The summed E-state index contributed by atoms with van der Waals surface area (Å²) >= 11 is 1.15. The maximum absolute atomic E-state index is 12.2. The molecule has 0 spiro atoms. The van der Waals surface area contributed by atoms with Gasteiger partial charge in [-0.05, 0) is 38.0 Å². The quantitative estimate of drug-likeness (QED) is 0.842. The van der Waals surface area contributed by atoms with Gasteiger partial charge in [0.05, 0.1) is 5.25 Å². The molecule has 2 N–H and O–H groups in total. The Morgan fingerprint density at radius 3 is 2.86 bits per heavy atom. The fourth-order valence-electron chi connectivity index (χ4n) is 1.69. The van der Waals surface area contributed by atoms with Crippen LogP contribution >= 0.6 is 11.8 Å². The van der Waals surface area contributed by atoms with E-state index in [1.165, 1.54) is 0 Å². The minimum Gasteiger partial charge on any atom is -0.325 e. The number of rotatable bonds is 4. The number of aryl methyl sites for hydroxylation is 1. The van der Waals surface area contributed by atoms with Crippen molar-refractivity contribution >= 4 is 23.4 Å². The van der Waals surface area contributed by atoms with Gasteiger partial charge in [0.25, 0.3) is 5.56 Å². The lowest BCUT2D eigenvalue weighted by atomic mass is 10.1. The van der Waals surface area contributed by atoms with Gasteiger partial charge in [-0.15, -0.1) is 5.10 Å². The first-order valence-electron chi connectivity index (χ1n) is 6.43. The molecule has 1 amide bonds. The van der Waals surface area contributed by atoms with Crippen LogP contribution in [0.2, 0.25) is 0 Å². The molecule has 21 heavy (non-hydrogen) atoms. The molecule has 0 unspecified atom stereocenters. The molecule has 2 rings (SSSR count). The SMILES string of the molecule is Cc1cccc(NC(=O)[C@H](C)Sc2nncc(=O)[nH]2)c1C. The number of H-pyrrole nitrogens is 1. The van der Waals surface area contributed by atoms with Crippen LogP contribution in [-0.2, 0) is 4.79 Å². The molecule has 2 aromatic rings. The fourth-order valence-corrected chi connectivity index (χ4v) is 2.45. The minimum absolute atomic E-state index is 0.153. The van der Waals surface area contributed by atoms with Crippen LogP contribution in [0.15, 0.2) is 34.3 Å². The van der Waals surface area contributed by atoms with Gasteiger partial charge in [0.15, 0.2) is 5.16 Å². The predicted octanol–water partition coefficient (Wildman–Crippen LogP) is 1.90. The van der Waals surface area contributed by atoms with E-state index in [0.29, 0.717) is 5.16 Å². The third-order valence-corrected chi connectivity index (χ3v) is 4.05. The average molecular weight is 304 g/mol. The highest BCUT2D eigenvalue weighted by Gasteiger charge is 2.17. The number of aromatic nitrogens is 3. The molecular formula is C14H16N4O2S. The molecule has 0 saturated heterocycles. The van der Waals surface area contributed by atoms with Crippen molar-refractivity contribution in [3.05, 3.63) is 45.9 Å². The maximum atomic E-state index is 12.2. The number of anilines is 1. The van der Waals surface area contributed by atoms with E-state index >= 15 is 0 Å². The van der Waals surface area contributed by atoms with Crippen LogP contribution in [-0.4, -0.2) is 26.3 Å². The van der Waals surface area contributed by atoms with Gasteiger partial charge in [-0.1, -0.05) is 23.9 Å². The van der Waals surface area contributed by atoms with Gasteiger partial charge in [-0.2, -0.15) is 5.10 Å². The van der Waals surface area contributed by atoms with Crippen molar-refractivity contribution in [3.63, 3.8) is 0 Å². The van der Waals surface area contributed by atoms with Crippen molar-refractivity contribution < 1.29 is 4.79 Å². The summed E-state index contributed by atoms with van der Waals surface area (Å²) in [7, 11) is 0. The Bertz CT molecular complexity index is 714. The predicted molar refractivity (Wildman–Crippen MR) is 82.5 cm³/mol. The van der Waals surface area contributed by atoms with Crippen LogP contribution < -0.4 is 10.9 Å². The number of carbonyl (C=O) groups is 1. The van der Waals surface area contributed by atoms with Gasteiger partial charge in [0.2, 0.25) is 5.91 Å². The standard InChI is InChI=1S/C14H16N4O2S/c1-8-5-4-6-11(9(8)2)16-13(20)10(3)21-14-17-12(19)7-15-18-14/h4-7,10H,1-3H3,(H,16,20)(H,17,18,19)/t10-/m0/s1. The summed E-state index contributed by atoms with van der Waals surface area (Å²) < 4.78 is 0. The highest BCUT2D eigenvalue weighted by molar-refractivity contribution is 8.00. The molecule has 0 aliphatic carbocycles. The second-order valence-corrected chi connectivity index (χ2v) is 5.97. The van der Waals surface area contributed by atoms with E-state index in [0.717, 1.165) is 34.8 Å². The minimum atomic E-state index is -0.405. The summed E-state index contributed by atoms with van der Waals surface area (Å²) in [6, 6.07) is 5.76. The Balaban J connectivity index is 2.06. The largest absolute Gasteiger partial charge is 0.325 e. The van der Waals surface area contributed by atoms with E-state index in [-0.39, 0.29) is 11.5 Å². The van der Waals surface area contributed by atoms with Crippen LogP contribution in [0.4, 0.5) is 5.69 Å². The highest BCUT2D eigenvalue weighted by atomic mass is 32.2. The van der Waals surface area contributed by atoms with E-state index in [2.05, 4.69) is 20.5 Å². The van der Waals surface area contributed by atoms with Crippen LogP contribution in [0.3, 0.4) is 0 Å². The molecule has 7 heteroatoms. The lowest BCUT2D eigenvalue weighted by Gasteiger charge is -2.13. The summed E-state index contributed by atoms with van der Waals surface area (Å²) in [5, 5.41) is 10.1. The summed E-state index contributed by atoms with van der Waals surface area (Å²) in [4.78, 5) is 25.9. The molecule has 1 heterocycles. The fraction of sp³-hybridized carbons (Fsp3) is 0.286. The zero-order valence-corrected chi connectivity index (χ0v) is 12.8. The van der Waals surface area contributed by atoms with E-state index in [9.17, 15) is 9.59 Å². The van der Waals surface area contributed by atoms with Crippen molar-refractivity contribution in [1.82, 2.24) is 15.2 Å². The molecule has 110 valence electrons. The normalized spacial score (nSPS) is 12.0. The molecule has 0 radical (unpaired) electrons. The van der Waals surface area contributed by atoms with E-state index in [1.54, 1.807) is 6.92 Å². The van der Waals surface area contributed by atoms with Gasteiger partial charge in [-0.25, -0.2) is 0 Å². The first-order valence-corrected chi connectivity index (χ1v) is 7.31. The van der Waals surface area contributed by atoms with Crippen molar-refractivity contribution in [2.75, 3.05) is 5.32 Å². The van der Waals surface area contributed by atoms with E-state index in [1.807, 2.05) is 32.0 Å². The van der Waals surface area contributed by atoms with Crippen molar-refractivity contribution in [2.45, 2.75) is 31.2 Å². The van der Waals surface area contributed by atoms with Gasteiger partial charge in [0.1, 0.15) is 6.20 Å². The van der Waals surface area contributed by atoms with Crippen molar-refractivity contribution in [3.8, 4) is 0 Å². The number of nitrogens with one attached hydrogen (secondary N) is 2. The van der Waals surface area contributed by atoms with E-state index < -0.39 is 5.25 Å². The molecule has 0 bridgehead atoms. The molecule has 0 saturated carbocycles. The Kier molecular flexibility index (Phi) is 4.74. The second-order valence-electron chi connectivity index (χ2n) is 4.64. The first kappa shape index (κ1) is 15.2. The van der Waals surface area contributed by atoms with Crippen LogP contribution in [0.1, 0.15) is 18.1 Å². The topological polar surface area (TPSA) is 87.7 Å². The number of aromatic amines is 1. The Morgan fingerprint density at radius 2 is 2.14 bits per heavy atom. The zero-order valence-electron chi connectivity index (χ0n) is 12.0. The van der Waals surface area contributed by atoms with Gasteiger partial charge >= 0.3 is 0 Å². The van der Waals surface area contributed by atoms with Gasteiger partial charge in [-0.3, -0.25) is 14.6 Å². The van der Waals surface area contributed by atoms with Gasteiger partial charge in [0, 0.05) is 5.69 Å². The lowest BCUT2D eigenvalue weighted by Crippen LogP contribution is -2.23. The van der Waals surface area contributed by atoms with Gasteiger partial charge < -0.3 is 5.32 Å². The molecule has 1 atom stereocenters. The summed E-state index contributed by atoms with van der Waals surface area (Å²) in [5.41, 5.74) is 2.61. The third kappa shape index (κ3) is 3.91. The first-order chi connectivity index (χ1) is 9.97. The van der Waals surface area contributed by atoms with Crippen LogP contribution in [0.25, 0.3) is 0 Å². The molecule has 6 nitrogen and oxygen atoms in total. The number of nitrogens with zero attached hydrogens (tertiary/aromatic N) is 2. The molecule has 0 aliphatic heterocycles. The van der Waals surface area contributed by atoms with Crippen LogP contribution in [0.5, 0.6) is 0 Å². The number of thioether (sulfide) groups is 1. The van der Waals surface area contributed by atoms with E-state index in [4.69, 9.17) is 0 Å². The monoisotopic (exact) mass is 304 g/mol. The maximum Gasteiger partial charge on any atom is 0.270 e. The molecule has 1 aromatic carbocycles. The third-order valence-electron chi connectivity index (χ3n) is 3.07. The Morgan fingerprint density at radius 1 is 1.38 bits per heavy atom. The number of hydrogen-bond acceptors (Lipinski definition) is 5. The number of benzene rings is 1. The number of amides is 1. The van der Waals surface area contributed by atoms with Crippen molar-refractivity contribution in [1.29, 1.82) is 0 Å². The summed E-state index contributed by atoms with van der Waals surface area (Å²) in [6.45, 7) is 5.70. The molecular weight excluding hydrogens is 288 g/mol. The highest BCUT2D eigenvalue weighted by Crippen LogP contribution is 2.22. The smallest absolute Gasteiger partial charge is 0.270 e. The molecule has 1 aromatic heterocycles. The van der Waals surface area contributed by atoms with Crippen molar-refractivity contribution in [2.24, 2.45) is 0 Å². The number of hydrogen-bond donors (Lipinski definition) is 2.